The Morgan fingerprint density at radius 1 is 1.00 bits per heavy atom. The van der Waals surface area contributed by atoms with E-state index in [4.69, 9.17) is 4.74 Å². The van der Waals surface area contributed by atoms with Crippen molar-refractivity contribution in [1.82, 2.24) is 0 Å². The van der Waals surface area contributed by atoms with E-state index in [1.54, 1.807) is 11.8 Å². The molecule has 4 saturated carbocycles. The highest BCUT2D eigenvalue weighted by atomic mass is 32.2. The fourth-order valence-electron chi connectivity index (χ4n) is 5.84. The maximum absolute atomic E-state index is 12.7. The van der Waals surface area contributed by atoms with Crippen molar-refractivity contribution < 1.29 is 9.53 Å². The molecule has 1 atom stereocenters. The summed E-state index contributed by atoms with van der Waals surface area (Å²) in [6.45, 7) is 9.53. The van der Waals surface area contributed by atoms with Crippen molar-refractivity contribution in [3.63, 3.8) is 0 Å². The van der Waals surface area contributed by atoms with Gasteiger partial charge < -0.3 is 4.74 Å². The van der Waals surface area contributed by atoms with Crippen molar-refractivity contribution in [1.29, 1.82) is 0 Å². The van der Waals surface area contributed by atoms with Crippen LogP contribution in [-0.2, 0) is 9.53 Å². The number of carbonyl (C=O) groups is 1. The van der Waals surface area contributed by atoms with Gasteiger partial charge in [-0.05, 0) is 80.3 Å². The number of rotatable bonds is 8. The van der Waals surface area contributed by atoms with Crippen LogP contribution in [0.3, 0.4) is 0 Å². The molecule has 0 aromatic rings. The molecule has 4 aliphatic rings. The molecule has 4 rings (SSSR count). The lowest BCUT2D eigenvalue weighted by Crippen LogP contribution is -2.48. The normalized spacial score (nSPS) is 35.7. The van der Waals surface area contributed by atoms with Crippen LogP contribution in [-0.4, -0.2) is 23.1 Å². The minimum Gasteiger partial charge on any atom is -0.464 e. The third-order valence-corrected chi connectivity index (χ3v) is 7.69. The highest BCUT2D eigenvalue weighted by Gasteiger charge is 2.51. The van der Waals surface area contributed by atoms with Gasteiger partial charge in [0.15, 0.2) is 0 Å². The van der Waals surface area contributed by atoms with Crippen molar-refractivity contribution in [2.24, 2.45) is 29.1 Å². The smallest absolute Gasteiger partial charge is 0.319 e. The van der Waals surface area contributed by atoms with Crippen molar-refractivity contribution in [2.45, 2.75) is 89.6 Å². The minimum atomic E-state index is 0.0290. The molecule has 0 heterocycles. The summed E-state index contributed by atoms with van der Waals surface area (Å²) in [5.74, 6) is 3.49. The Balaban J connectivity index is 1.54. The Morgan fingerprint density at radius 2 is 1.54 bits per heavy atom. The van der Waals surface area contributed by atoms with E-state index < -0.39 is 0 Å². The first-order valence-corrected chi connectivity index (χ1v) is 11.1. The van der Waals surface area contributed by atoms with E-state index >= 15 is 0 Å². The Morgan fingerprint density at radius 3 is 2.00 bits per heavy atom. The van der Waals surface area contributed by atoms with Crippen LogP contribution < -0.4 is 0 Å². The highest BCUT2D eigenvalue weighted by Crippen LogP contribution is 2.60. The number of carbonyl (C=O) groups excluding carboxylic acids is 1. The van der Waals surface area contributed by atoms with Crippen molar-refractivity contribution >= 4 is 17.7 Å². The monoisotopic (exact) mass is 352 g/mol. The molecule has 3 heteroatoms. The largest absolute Gasteiger partial charge is 0.464 e. The Hall–Kier alpha value is -0.180. The van der Waals surface area contributed by atoms with Gasteiger partial charge in [-0.3, -0.25) is 4.79 Å². The molecular formula is C21H36O2S. The molecule has 0 radical (unpaired) electrons. The van der Waals surface area contributed by atoms with E-state index in [9.17, 15) is 4.79 Å². The standard InChI is InChI=1S/C21H36O2S/c1-14(2)5-6-19(24-15(3)4)20(22)23-13-21-10-16-7-17(11-21)9-18(8-16)12-21/h14-19H,5-13H2,1-4H3. The summed E-state index contributed by atoms with van der Waals surface area (Å²) >= 11 is 1.79. The van der Waals surface area contributed by atoms with E-state index in [1.807, 2.05) is 0 Å². The average Bonchev–Trinajstić information content (AvgIpc) is 2.47. The predicted octanol–water partition coefficient (Wildman–Crippen LogP) is 5.69. The summed E-state index contributed by atoms with van der Waals surface area (Å²) in [6, 6.07) is 0. The van der Waals surface area contributed by atoms with Gasteiger partial charge in [-0.2, -0.15) is 0 Å². The van der Waals surface area contributed by atoms with E-state index in [1.165, 1.54) is 38.5 Å². The number of thioether (sulfide) groups is 1. The molecule has 0 N–H and O–H groups in total. The quantitative estimate of drug-likeness (QED) is 0.525. The summed E-state index contributed by atoms with van der Waals surface area (Å²) in [5, 5.41) is 0.510. The molecule has 4 aliphatic carbocycles. The molecular weight excluding hydrogens is 316 g/mol. The molecule has 2 nitrogen and oxygen atoms in total. The number of esters is 1. The van der Waals surface area contributed by atoms with Gasteiger partial charge in [0.1, 0.15) is 5.25 Å². The van der Waals surface area contributed by atoms with E-state index in [0.717, 1.165) is 30.6 Å². The molecule has 0 aromatic heterocycles. The van der Waals surface area contributed by atoms with Crippen LogP contribution in [0.5, 0.6) is 0 Å². The maximum atomic E-state index is 12.7. The van der Waals surface area contributed by atoms with Gasteiger partial charge in [0.05, 0.1) is 6.61 Å². The lowest BCUT2D eigenvalue weighted by molar-refractivity contribution is -0.155. The number of hydrogen-bond acceptors (Lipinski definition) is 3. The lowest BCUT2D eigenvalue weighted by Gasteiger charge is -2.56. The molecule has 0 spiro atoms. The third kappa shape index (κ3) is 4.51. The van der Waals surface area contributed by atoms with Crippen LogP contribution >= 0.6 is 11.8 Å². The SMILES string of the molecule is CC(C)CCC(SC(C)C)C(=O)OCC12CC3CC(CC(C3)C1)C2. The number of ether oxygens (including phenoxy) is 1. The molecule has 4 bridgehead atoms. The van der Waals surface area contributed by atoms with E-state index in [-0.39, 0.29) is 11.2 Å². The van der Waals surface area contributed by atoms with Crippen molar-refractivity contribution in [3.8, 4) is 0 Å². The van der Waals surface area contributed by atoms with Gasteiger partial charge in [0.25, 0.3) is 0 Å². The molecule has 24 heavy (non-hydrogen) atoms. The summed E-state index contributed by atoms with van der Waals surface area (Å²) in [7, 11) is 0. The fraction of sp³-hybridized carbons (Fsp3) is 0.952. The summed E-state index contributed by atoms with van der Waals surface area (Å²) in [4.78, 5) is 12.7. The summed E-state index contributed by atoms with van der Waals surface area (Å²) in [6.07, 6.45) is 10.4. The Labute approximate surface area is 152 Å². The van der Waals surface area contributed by atoms with Crippen LogP contribution in [0.1, 0.15) is 79.1 Å². The van der Waals surface area contributed by atoms with Crippen LogP contribution in [0, 0.1) is 29.1 Å². The van der Waals surface area contributed by atoms with Gasteiger partial charge in [0.2, 0.25) is 0 Å². The zero-order valence-corrected chi connectivity index (χ0v) is 16.9. The van der Waals surface area contributed by atoms with Crippen molar-refractivity contribution in [3.05, 3.63) is 0 Å². The van der Waals surface area contributed by atoms with Gasteiger partial charge in [-0.15, -0.1) is 11.8 Å². The van der Waals surface area contributed by atoms with Gasteiger partial charge in [-0.1, -0.05) is 27.7 Å². The minimum absolute atomic E-state index is 0.0290. The summed E-state index contributed by atoms with van der Waals surface area (Å²) in [5.41, 5.74) is 0.343. The predicted molar refractivity (Wildman–Crippen MR) is 102 cm³/mol. The number of hydrogen-bond donors (Lipinski definition) is 0. The molecule has 1 unspecified atom stereocenters. The average molecular weight is 353 g/mol. The fourth-order valence-corrected chi connectivity index (χ4v) is 6.95. The molecule has 0 saturated heterocycles. The second kappa shape index (κ2) is 7.60. The first-order chi connectivity index (χ1) is 11.3. The van der Waals surface area contributed by atoms with Gasteiger partial charge in [0, 0.05) is 5.41 Å². The Kier molecular flexibility index (Phi) is 5.89. The highest BCUT2D eigenvalue weighted by molar-refractivity contribution is 8.01. The molecule has 0 aromatic carbocycles. The maximum Gasteiger partial charge on any atom is 0.319 e. The molecule has 0 aliphatic heterocycles. The second-order valence-electron chi connectivity index (χ2n) is 9.67. The van der Waals surface area contributed by atoms with Crippen LogP contribution in [0.15, 0.2) is 0 Å². The molecule has 138 valence electrons. The second-order valence-corrected chi connectivity index (χ2v) is 11.5. The molecule has 4 fully saturated rings. The van der Waals surface area contributed by atoms with Gasteiger partial charge in [-0.25, -0.2) is 0 Å². The Bertz CT molecular complexity index is 408. The van der Waals surface area contributed by atoms with E-state index in [2.05, 4.69) is 27.7 Å². The zero-order chi connectivity index (χ0) is 17.3. The van der Waals surface area contributed by atoms with Crippen molar-refractivity contribution in [2.75, 3.05) is 6.61 Å². The first kappa shape index (κ1) is 18.6. The van der Waals surface area contributed by atoms with Crippen LogP contribution in [0.2, 0.25) is 0 Å². The molecule has 0 amide bonds. The van der Waals surface area contributed by atoms with E-state index in [0.29, 0.717) is 23.2 Å². The third-order valence-electron chi connectivity index (χ3n) is 6.39. The summed E-state index contributed by atoms with van der Waals surface area (Å²) < 4.78 is 5.96. The van der Waals surface area contributed by atoms with Crippen LogP contribution in [0.4, 0.5) is 0 Å². The van der Waals surface area contributed by atoms with Gasteiger partial charge >= 0.3 is 5.97 Å². The topological polar surface area (TPSA) is 26.3 Å². The lowest BCUT2D eigenvalue weighted by atomic mass is 9.50. The van der Waals surface area contributed by atoms with Crippen LogP contribution in [0.25, 0.3) is 0 Å². The zero-order valence-electron chi connectivity index (χ0n) is 16.1. The first-order valence-electron chi connectivity index (χ1n) is 10.2.